The van der Waals surface area contributed by atoms with Gasteiger partial charge < -0.3 is 9.84 Å². The highest BCUT2D eigenvalue weighted by atomic mass is 35.5. The highest BCUT2D eigenvalue weighted by molar-refractivity contribution is 7.90. The van der Waals surface area contributed by atoms with Gasteiger partial charge in [-0.05, 0) is 36.6 Å². The highest BCUT2D eigenvalue weighted by Crippen LogP contribution is 2.34. The summed E-state index contributed by atoms with van der Waals surface area (Å²) in [7, 11) is -3.33. The molecule has 0 radical (unpaired) electrons. The Morgan fingerprint density at radius 1 is 1.28 bits per heavy atom. The van der Waals surface area contributed by atoms with E-state index in [0.29, 0.717) is 34.9 Å². The Morgan fingerprint density at radius 2 is 2.00 bits per heavy atom. The maximum absolute atomic E-state index is 11.8. The van der Waals surface area contributed by atoms with Crippen LogP contribution in [0, 0.1) is 0 Å². The number of pyridine rings is 1. The molecule has 5 nitrogen and oxygen atoms in total. The number of hydrogen-bond acceptors (Lipinski definition) is 5. The van der Waals surface area contributed by atoms with Crippen molar-refractivity contribution in [3.8, 4) is 17.0 Å². The Kier molecular flexibility index (Phi) is 5.04. The van der Waals surface area contributed by atoms with Crippen molar-refractivity contribution in [2.24, 2.45) is 0 Å². The molecule has 1 N–H and O–H groups in total. The van der Waals surface area contributed by atoms with E-state index in [4.69, 9.17) is 16.3 Å². The number of nitrogens with zero attached hydrogens (tertiary/aromatic N) is 1. The van der Waals surface area contributed by atoms with Crippen LogP contribution in [0.2, 0.25) is 5.02 Å². The van der Waals surface area contributed by atoms with Gasteiger partial charge in [-0.1, -0.05) is 36.6 Å². The molecule has 1 aromatic heterocycles. The lowest BCUT2D eigenvalue weighted by molar-refractivity contribution is 0.000219. The summed E-state index contributed by atoms with van der Waals surface area (Å²) in [6.07, 6.45) is 6.02. The van der Waals surface area contributed by atoms with Crippen LogP contribution in [0.4, 0.5) is 0 Å². The van der Waals surface area contributed by atoms with Crippen LogP contribution in [0.15, 0.2) is 41.4 Å². The predicted octanol–water partition coefficient (Wildman–Crippen LogP) is 3.49. The Bertz CT molecular complexity index is 876. The van der Waals surface area contributed by atoms with Crippen LogP contribution >= 0.6 is 11.6 Å². The molecule has 1 heterocycles. The van der Waals surface area contributed by atoms with Gasteiger partial charge in [-0.2, -0.15) is 0 Å². The highest BCUT2D eigenvalue weighted by Gasteiger charge is 2.32. The van der Waals surface area contributed by atoms with Crippen molar-refractivity contribution in [2.75, 3.05) is 12.9 Å². The third-order valence-electron chi connectivity index (χ3n) is 4.40. The van der Waals surface area contributed by atoms with Gasteiger partial charge in [0, 0.05) is 18.0 Å². The minimum Gasteiger partial charge on any atom is -0.474 e. The topological polar surface area (TPSA) is 76.5 Å². The zero-order valence-electron chi connectivity index (χ0n) is 13.9. The molecular weight excluding hydrogens is 362 g/mol. The number of aliphatic hydroxyl groups is 1. The zero-order chi connectivity index (χ0) is 18.1. The SMILES string of the molecule is CS(=O)(=O)c1cccc(-c2cc(Cl)cnc2OCC2(O)CCCC2)c1. The number of aromatic nitrogens is 1. The fourth-order valence-corrected chi connectivity index (χ4v) is 3.85. The molecule has 1 aromatic carbocycles. The van der Waals surface area contributed by atoms with Crippen LogP contribution in [0.25, 0.3) is 11.1 Å². The molecule has 1 aliphatic carbocycles. The number of halogens is 1. The quantitative estimate of drug-likeness (QED) is 0.857. The molecule has 3 rings (SSSR count). The third-order valence-corrected chi connectivity index (χ3v) is 5.72. The summed E-state index contributed by atoms with van der Waals surface area (Å²) >= 11 is 6.07. The van der Waals surface area contributed by atoms with Crippen LogP contribution < -0.4 is 4.74 Å². The number of ether oxygens (including phenoxy) is 1. The first kappa shape index (κ1) is 18.2. The molecule has 0 unspecified atom stereocenters. The van der Waals surface area contributed by atoms with E-state index in [9.17, 15) is 13.5 Å². The lowest BCUT2D eigenvalue weighted by Crippen LogP contribution is -2.32. The fraction of sp³-hybridized carbons (Fsp3) is 0.389. The second-order valence-electron chi connectivity index (χ2n) is 6.53. The van der Waals surface area contributed by atoms with E-state index >= 15 is 0 Å². The Hall–Kier alpha value is -1.63. The molecule has 0 saturated heterocycles. The van der Waals surface area contributed by atoms with E-state index in [0.717, 1.165) is 19.1 Å². The monoisotopic (exact) mass is 381 g/mol. The number of benzene rings is 1. The van der Waals surface area contributed by atoms with Gasteiger partial charge in [0.25, 0.3) is 0 Å². The largest absolute Gasteiger partial charge is 0.474 e. The molecule has 134 valence electrons. The van der Waals surface area contributed by atoms with Crippen molar-refractivity contribution in [1.29, 1.82) is 0 Å². The summed E-state index contributed by atoms with van der Waals surface area (Å²) in [4.78, 5) is 4.44. The van der Waals surface area contributed by atoms with Crippen molar-refractivity contribution < 1.29 is 18.3 Å². The average Bonchev–Trinajstić information content (AvgIpc) is 3.00. The Balaban J connectivity index is 1.94. The summed E-state index contributed by atoms with van der Waals surface area (Å²) in [6, 6.07) is 8.24. The van der Waals surface area contributed by atoms with E-state index in [1.54, 1.807) is 30.3 Å². The van der Waals surface area contributed by atoms with Crippen molar-refractivity contribution in [2.45, 2.75) is 36.2 Å². The van der Waals surface area contributed by atoms with Crippen LogP contribution in [-0.4, -0.2) is 37.0 Å². The summed E-state index contributed by atoms with van der Waals surface area (Å²) in [5.74, 6) is 0.329. The van der Waals surface area contributed by atoms with E-state index in [2.05, 4.69) is 4.98 Å². The third kappa shape index (κ3) is 4.32. The van der Waals surface area contributed by atoms with E-state index < -0.39 is 15.4 Å². The van der Waals surface area contributed by atoms with Crippen LogP contribution in [0.3, 0.4) is 0 Å². The fourth-order valence-electron chi connectivity index (χ4n) is 3.02. The van der Waals surface area contributed by atoms with Crippen LogP contribution in [0.1, 0.15) is 25.7 Å². The molecule has 1 saturated carbocycles. The van der Waals surface area contributed by atoms with Gasteiger partial charge in [0.15, 0.2) is 9.84 Å². The predicted molar refractivity (Wildman–Crippen MR) is 96.7 cm³/mol. The van der Waals surface area contributed by atoms with Gasteiger partial charge in [-0.15, -0.1) is 0 Å². The Labute approximate surface area is 152 Å². The first-order valence-electron chi connectivity index (χ1n) is 8.08. The second-order valence-corrected chi connectivity index (χ2v) is 8.98. The van der Waals surface area contributed by atoms with Crippen molar-refractivity contribution >= 4 is 21.4 Å². The molecular formula is C18H20ClNO4S. The maximum atomic E-state index is 11.8. The lowest BCUT2D eigenvalue weighted by Gasteiger charge is -2.22. The maximum Gasteiger partial charge on any atom is 0.221 e. The van der Waals surface area contributed by atoms with Gasteiger partial charge in [-0.25, -0.2) is 13.4 Å². The molecule has 1 fully saturated rings. The summed E-state index contributed by atoms with van der Waals surface area (Å²) in [6.45, 7) is 0.153. The van der Waals surface area contributed by atoms with Crippen molar-refractivity contribution in [3.05, 3.63) is 41.6 Å². The molecule has 2 aromatic rings. The minimum atomic E-state index is -3.33. The average molecular weight is 382 g/mol. The van der Waals surface area contributed by atoms with E-state index in [1.807, 2.05) is 0 Å². The normalized spacial score (nSPS) is 16.8. The van der Waals surface area contributed by atoms with Gasteiger partial charge in [0.05, 0.1) is 15.5 Å². The van der Waals surface area contributed by atoms with Crippen LogP contribution in [-0.2, 0) is 9.84 Å². The number of rotatable bonds is 5. The first-order chi connectivity index (χ1) is 11.8. The van der Waals surface area contributed by atoms with Crippen molar-refractivity contribution in [1.82, 2.24) is 4.98 Å². The summed E-state index contributed by atoms with van der Waals surface area (Å²) < 4.78 is 29.4. The molecule has 25 heavy (non-hydrogen) atoms. The standard InChI is InChI=1S/C18H20ClNO4S/c1-25(22,23)15-6-4-5-13(9-15)16-10-14(19)11-20-17(16)24-12-18(21)7-2-3-8-18/h4-6,9-11,21H,2-3,7-8,12H2,1H3. The van der Waals surface area contributed by atoms with Gasteiger partial charge in [-0.3, -0.25) is 0 Å². The first-order valence-corrected chi connectivity index (χ1v) is 10.4. The summed E-state index contributed by atoms with van der Waals surface area (Å²) in [5, 5.41) is 10.9. The van der Waals surface area contributed by atoms with Gasteiger partial charge in [0.2, 0.25) is 5.88 Å². The molecule has 0 spiro atoms. The Morgan fingerprint density at radius 3 is 2.68 bits per heavy atom. The zero-order valence-corrected chi connectivity index (χ0v) is 15.5. The molecule has 1 aliphatic rings. The molecule has 7 heteroatoms. The molecule has 0 amide bonds. The van der Waals surface area contributed by atoms with Crippen LogP contribution in [0.5, 0.6) is 5.88 Å². The summed E-state index contributed by atoms with van der Waals surface area (Å²) in [5.41, 5.74) is 0.415. The smallest absolute Gasteiger partial charge is 0.221 e. The molecule has 0 bridgehead atoms. The van der Waals surface area contributed by atoms with Crippen molar-refractivity contribution in [3.63, 3.8) is 0 Å². The minimum absolute atomic E-state index is 0.153. The van der Waals surface area contributed by atoms with Gasteiger partial charge in [0.1, 0.15) is 6.61 Å². The van der Waals surface area contributed by atoms with E-state index in [1.165, 1.54) is 6.20 Å². The number of hydrogen-bond donors (Lipinski definition) is 1. The molecule has 0 atom stereocenters. The van der Waals surface area contributed by atoms with Gasteiger partial charge >= 0.3 is 0 Å². The molecule has 0 aliphatic heterocycles. The number of sulfone groups is 1. The van der Waals surface area contributed by atoms with E-state index in [-0.39, 0.29) is 11.5 Å². The lowest BCUT2D eigenvalue weighted by atomic mass is 10.0. The second kappa shape index (κ2) is 6.94.